The third-order valence-electron chi connectivity index (χ3n) is 1.73. The van der Waals surface area contributed by atoms with E-state index in [0.29, 0.717) is 5.41 Å². The van der Waals surface area contributed by atoms with Gasteiger partial charge in [0.25, 0.3) is 0 Å². The quantitative estimate of drug-likeness (QED) is 0.441. The Morgan fingerprint density at radius 2 is 1.90 bits per heavy atom. The van der Waals surface area contributed by atoms with E-state index in [9.17, 15) is 0 Å². The molecule has 1 aliphatic rings. The number of hydrogen-bond donors (Lipinski definition) is 0. The molecule has 0 aromatic heterocycles. The molecule has 0 fully saturated rings. The first-order chi connectivity index (χ1) is 4.11. The second kappa shape index (κ2) is 3.46. The van der Waals surface area contributed by atoms with Crippen molar-refractivity contribution in [2.24, 2.45) is 5.41 Å². The molecule has 0 spiro atoms. The van der Waals surface area contributed by atoms with E-state index in [1.54, 1.807) is 5.57 Å². The van der Waals surface area contributed by atoms with Gasteiger partial charge in [-0.15, -0.1) is 0 Å². The Morgan fingerprint density at radius 3 is 2.10 bits per heavy atom. The number of allylic oxidation sites excluding steroid dienone is 4. The summed E-state index contributed by atoms with van der Waals surface area (Å²) in [4.78, 5) is 0. The van der Waals surface area contributed by atoms with E-state index in [1.807, 2.05) is 0 Å². The third-order valence-corrected chi connectivity index (χ3v) is 1.73. The Kier molecular flexibility index (Phi) is 3.49. The van der Waals surface area contributed by atoms with Crippen LogP contribution in [-0.4, -0.2) is 18.9 Å². The van der Waals surface area contributed by atoms with Crippen molar-refractivity contribution in [3.63, 3.8) is 0 Å². The molecule has 0 atom stereocenters. The van der Waals surface area contributed by atoms with Gasteiger partial charge in [0.2, 0.25) is 0 Å². The number of hydrogen-bond acceptors (Lipinski definition) is 0. The maximum absolute atomic E-state index is 2.26. The van der Waals surface area contributed by atoms with Crippen molar-refractivity contribution in [3.05, 3.63) is 23.8 Å². The Morgan fingerprint density at radius 1 is 1.30 bits per heavy atom. The summed E-state index contributed by atoms with van der Waals surface area (Å²) in [5.41, 5.74) is 1.92. The maximum atomic E-state index is 2.26. The minimum absolute atomic E-state index is 0. The first kappa shape index (κ1) is 10.1. The normalized spacial score (nSPS) is 16.5. The van der Waals surface area contributed by atoms with Crippen molar-refractivity contribution in [2.45, 2.75) is 27.2 Å². The Balaban J connectivity index is 0.000000810. The van der Waals surface area contributed by atoms with Crippen LogP contribution in [0, 0.1) is 5.41 Å². The van der Waals surface area contributed by atoms with Gasteiger partial charge in [-0.05, 0) is 11.8 Å². The van der Waals surface area contributed by atoms with Gasteiger partial charge in [0.1, 0.15) is 0 Å². The monoisotopic (exact) mass is 130 g/mol. The van der Waals surface area contributed by atoms with E-state index in [-0.39, 0.29) is 18.9 Å². The van der Waals surface area contributed by atoms with Crippen LogP contribution < -0.4 is 0 Å². The molecule has 0 unspecified atom stereocenters. The first-order valence-electron chi connectivity index (χ1n) is 3.47. The van der Waals surface area contributed by atoms with Crippen LogP contribution in [0.2, 0.25) is 0 Å². The van der Waals surface area contributed by atoms with Crippen molar-refractivity contribution < 1.29 is 0 Å². The molecule has 0 amide bonds. The Bertz CT molecular complexity index is 158. The summed E-state index contributed by atoms with van der Waals surface area (Å²) in [6.07, 6.45) is 7.73. The molecule has 52 valence electrons. The second-order valence-electron chi connectivity index (χ2n) is 3.57. The van der Waals surface area contributed by atoms with Crippen molar-refractivity contribution in [1.29, 1.82) is 0 Å². The fourth-order valence-corrected chi connectivity index (χ4v) is 1.00. The van der Waals surface area contributed by atoms with Crippen molar-refractivity contribution in [1.82, 2.24) is 0 Å². The molecule has 1 rings (SSSR count). The zero-order valence-corrected chi connectivity index (χ0v) is 6.44. The minimum atomic E-state index is 0. The SMILES string of the molecule is CC(C)(C)C1=CC=CC1.[LiH]. The summed E-state index contributed by atoms with van der Waals surface area (Å²) >= 11 is 0. The van der Waals surface area contributed by atoms with Gasteiger partial charge in [0.15, 0.2) is 0 Å². The average Bonchev–Trinajstić information content (AvgIpc) is 2.08. The van der Waals surface area contributed by atoms with Crippen LogP contribution in [0.1, 0.15) is 27.2 Å². The summed E-state index contributed by atoms with van der Waals surface area (Å²) in [5, 5.41) is 0. The van der Waals surface area contributed by atoms with E-state index in [2.05, 4.69) is 39.0 Å². The molecule has 0 radical (unpaired) electrons. The van der Waals surface area contributed by atoms with E-state index >= 15 is 0 Å². The zero-order chi connectivity index (χ0) is 6.91. The van der Waals surface area contributed by atoms with Crippen LogP contribution in [0.4, 0.5) is 0 Å². The van der Waals surface area contributed by atoms with E-state index < -0.39 is 0 Å². The van der Waals surface area contributed by atoms with Crippen LogP contribution in [0.5, 0.6) is 0 Å². The van der Waals surface area contributed by atoms with Crippen LogP contribution in [-0.2, 0) is 0 Å². The molecule has 0 N–H and O–H groups in total. The summed E-state index contributed by atoms with van der Waals surface area (Å²) in [7, 11) is 0. The molecule has 0 aromatic rings. The topological polar surface area (TPSA) is 0 Å². The predicted molar refractivity (Wildman–Crippen MR) is 48.4 cm³/mol. The molecular weight excluding hydrogens is 115 g/mol. The molecule has 0 aliphatic heterocycles. The molecule has 0 saturated heterocycles. The molecule has 0 nitrogen and oxygen atoms in total. The van der Waals surface area contributed by atoms with Crippen LogP contribution >= 0.6 is 0 Å². The zero-order valence-electron chi connectivity index (χ0n) is 6.44. The molecule has 0 saturated carbocycles. The second-order valence-corrected chi connectivity index (χ2v) is 3.57. The summed E-state index contributed by atoms with van der Waals surface area (Å²) in [5.74, 6) is 0. The average molecular weight is 130 g/mol. The van der Waals surface area contributed by atoms with E-state index in [0.717, 1.165) is 6.42 Å². The third kappa shape index (κ3) is 2.37. The van der Waals surface area contributed by atoms with Crippen molar-refractivity contribution >= 4 is 18.9 Å². The molecule has 1 heteroatoms. The van der Waals surface area contributed by atoms with E-state index in [1.165, 1.54) is 0 Å². The van der Waals surface area contributed by atoms with Gasteiger partial charge in [-0.3, -0.25) is 0 Å². The van der Waals surface area contributed by atoms with Crippen LogP contribution in [0.15, 0.2) is 23.8 Å². The van der Waals surface area contributed by atoms with Crippen LogP contribution in [0.3, 0.4) is 0 Å². The standard InChI is InChI=1S/C9H14.Li.H/c1-9(2,3)8-6-4-5-7-8;;/h4-6H,7H2,1-3H3;;. The van der Waals surface area contributed by atoms with Gasteiger partial charge >= 0.3 is 18.9 Å². The van der Waals surface area contributed by atoms with Crippen molar-refractivity contribution in [2.75, 3.05) is 0 Å². The van der Waals surface area contributed by atoms with Crippen LogP contribution in [0.25, 0.3) is 0 Å². The molecule has 0 heterocycles. The van der Waals surface area contributed by atoms with Gasteiger partial charge in [-0.2, -0.15) is 0 Å². The molecule has 10 heavy (non-hydrogen) atoms. The Hall–Kier alpha value is 0.0774. The molecule has 0 bridgehead atoms. The summed E-state index contributed by atoms with van der Waals surface area (Å²) < 4.78 is 0. The van der Waals surface area contributed by atoms with Crippen molar-refractivity contribution in [3.8, 4) is 0 Å². The fourth-order valence-electron chi connectivity index (χ4n) is 1.00. The summed E-state index contributed by atoms with van der Waals surface area (Å²) in [6.45, 7) is 6.77. The first-order valence-corrected chi connectivity index (χ1v) is 3.47. The van der Waals surface area contributed by atoms with Gasteiger partial charge in [0.05, 0.1) is 0 Å². The van der Waals surface area contributed by atoms with Gasteiger partial charge < -0.3 is 0 Å². The summed E-state index contributed by atoms with van der Waals surface area (Å²) in [6, 6.07) is 0. The number of rotatable bonds is 0. The molecule has 1 aliphatic carbocycles. The van der Waals surface area contributed by atoms with E-state index in [4.69, 9.17) is 0 Å². The van der Waals surface area contributed by atoms with Gasteiger partial charge in [0, 0.05) is 0 Å². The van der Waals surface area contributed by atoms with Gasteiger partial charge in [-0.25, -0.2) is 0 Å². The predicted octanol–water partition coefficient (Wildman–Crippen LogP) is 2.27. The molecule has 0 aromatic carbocycles. The Labute approximate surface area is 75.6 Å². The fraction of sp³-hybridized carbons (Fsp3) is 0.556. The van der Waals surface area contributed by atoms with Gasteiger partial charge in [-0.1, -0.05) is 44.6 Å². The molecular formula is C9H15Li.